The van der Waals surface area contributed by atoms with Crippen LogP contribution in [0.4, 0.5) is 5.00 Å². The zero-order valence-corrected chi connectivity index (χ0v) is 20.8. The number of nitrogens with one attached hydrogen (secondary N) is 3. The lowest BCUT2D eigenvalue weighted by atomic mass is 9.94. The van der Waals surface area contributed by atoms with Gasteiger partial charge in [-0.05, 0) is 63.2 Å². The minimum absolute atomic E-state index is 0.253. The molecule has 1 aliphatic heterocycles. The number of aryl methyl sites for hydroxylation is 1. The molecule has 9 nitrogen and oxygen atoms in total. The summed E-state index contributed by atoms with van der Waals surface area (Å²) in [6.45, 7) is 7.56. The number of esters is 1. The summed E-state index contributed by atoms with van der Waals surface area (Å²) in [5.41, 5.74) is 3.98. The van der Waals surface area contributed by atoms with Gasteiger partial charge in [-0.1, -0.05) is 12.1 Å². The van der Waals surface area contributed by atoms with E-state index in [2.05, 4.69) is 26.0 Å². The lowest BCUT2D eigenvalue weighted by molar-refractivity contribution is -0.113. The van der Waals surface area contributed by atoms with E-state index in [0.717, 1.165) is 21.7 Å². The van der Waals surface area contributed by atoms with Crippen molar-refractivity contribution < 1.29 is 14.3 Å². The number of anilines is 1. The molecule has 0 saturated carbocycles. The van der Waals surface area contributed by atoms with Crippen LogP contribution >= 0.6 is 23.6 Å². The second kappa shape index (κ2) is 9.74. The van der Waals surface area contributed by atoms with Crippen LogP contribution in [0, 0.1) is 13.8 Å². The molecular formula is C23H24N6O3S2. The summed E-state index contributed by atoms with van der Waals surface area (Å²) in [4.78, 5) is 31.0. The van der Waals surface area contributed by atoms with E-state index in [-0.39, 0.29) is 12.5 Å². The first kappa shape index (κ1) is 23.6. The van der Waals surface area contributed by atoms with Gasteiger partial charge in [-0.3, -0.25) is 4.79 Å². The van der Waals surface area contributed by atoms with E-state index in [0.29, 0.717) is 26.9 Å². The van der Waals surface area contributed by atoms with Gasteiger partial charge in [0.2, 0.25) is 0 Å². The van der Waals surface area contributed by atoms with Gasteiger partial charge in [0.05, 0.1) is 29.5 Å². The Bertz CT molecular complexity index is 1280. The van der Waals surface area contributed by atoms with Crippen LogP contribution in [0.1, 0.15) is 46.3 Å². The number of rotatable bonds is 6. The van der Waals surface area contributed by atoms with Gasteiger partial charge in [-0.15, -0.1) is 11.3 Å². The Morgan fingerprint density at radius 3 is 2.62 bits per heavy atom. The normalized spacial score (nSPS) is 15.5. The summed E-state index contributed by atoms with van der Waals surface area (Å²) in [6, 6.07) is 7.13. The van der Waals surface area contributed by atoms with Gasteiger partial charge in [0.1, 0.15) is 17.7 Å². The molecule has 34 heavy (non-hydrogen) atoms. The molecule has 3 heterocycles. The van der Waals surface area contributed by atoms with Gasteiger partial charge in [-0.2, -0.15) is 5.10 Å². The molecule has 1 atom stereocenters. The number of carbonyl (C=O) groups is 2. The van der Waals surface area contributed by atoms with Gasteiger partial charge >= 0.3 is 5.97 Å². The van der Waals surface area contributed by atoms with Crippen LogP contribution in [0.5, 0.6) is 0 Å². The first-order valence-electron chi connectivity index (χ1n) is 10.6. The maximum atomic E-state index is 13.5. The van der Waals surface area contributed by atoms with Crippen LogP contribution in [-0.4, -0.2) is 38.4 Å². The largest absolute Gasteiger partial charge is 0.462 e. The van der Waals surface area contributed by atoms with Gasteiger partial charge in [-0.25, -0.2) is 14.5 Å². The van der Waals surface area contributed by atoms with E-state index < -0.39 is 12.0 Å². The van der Waals surface area contributed by atoms with E-state index >= 15 is 0 Å². The SMILES string of the molecule is CCOC(=O)c1c(NC(=O)C2=C(C)NC(=S)NC2c2ccc(-n3cncn3)cc2)sc(C)c1C. The van der Waals surface area contributed by atoms with Crippen LogP contribution in [0.3, 0.4) is 0 Å². The van der Waals surface area contributed by atoms with Gasteiger partial charge in [0.15, 0.2) is 5.11 Å². The molecular weight excluding hydrogens is 472 g/mol. The van der Waals surface area contributed by atoms with Crippen LogP contribution in [0.15, 0.2) is 48.2 Å². The van der Waals surface area contributed by atoms with Crippen molar-refractivity contribution in [2.45, 2.75) is 33.7 Å². The summed E-state index contributed by atoms with van der Waals surface area (Å²) in [6.07, 6.45) is 3.08. The minimum Gasteiger partial charge on any atom is -0.462 e. The smallest absolute Gasteiger partial charge is 0.341 e. The van der Waals surface area contributed by atoms with Crippen molar-refractivity contribution in [1.82, 2.24) is 25.4 Å². The van der Waals surface area contributed by atoms with Crippen LogP contribution < -0.4 is 16.0 Å². The van der Waals surface area contributed by atoms with Crippen molar-refractivity contribution in [3.05, 3.63) is 69.8 Å². The van der Waals surface area contributed by atoms with Crippen molar-refractivity contribution in [2.24, 2.45) is 0 Å². The second-order valence-corrected chi connectivity index (χ2v) is 9.30. The molecule has 1 amide bonds. The van der Waals surface area contributed by atoms with Gasteiger partial charge in [0, 0.05) is 10.6 Å². The number of aromatic nitrogens is 3. The second-order valence-electron chi connectivity index (χ2n) is 7.66. The van der Waals surface area contributed by atoms with Gasteiger partial charge in [0.25, 0.3) is 5.91 Å². The molecule has 4 rings (SSSR count). The molecule has 1 aromatic carbocycles. The Labute approximate surface area is 206 Å². The Morgan fingerprint density at radius 1 is 1.24 bits per heavy atom. The Morgan fingerprint density at radius 2 is 1.97 bits per heavy atom. The van der Waals surface area contributed by atoms with Crippen LogP contribution in [-0.2, 0) is 9.53 Å². The van der Waals surface area contributed by atoms with Crippen molar-refractivity contribution in [3.63, 3.8) is 0 Å². The molecule has 0 bridgehead atoms. The highest BCUT2D eigenvalue weighted by Gasteiger charge is 2.31. The quantitative estimate of drug-likeness (QED) is 0.351. The fourth-order valence-corrected chi connectivity index (χ4v) is 5.05. The molecule has 3 N–H and O–H groups in total. The number of thiocarbonyl (C=S) groups is 1. The Hall–Kier alpha value is -3.57. The number of carbonyl (C=O) groups excluding carboxylic acids is 2. The van der Waals surface area contributed by atoms with Crippen molar-refractivity contribution in [1.29, 1.82) is 0 Å². The zero-order valence-electron chi connectivity index (χ0n) is 19.1. The third kappa shape index (κ3) is 4.57. The van der Waals surface area contributed by atoms with Crippen LogP contribution in [0.25, 0.3) is 5.69 Å². The average Bonchev–Trinajstić information content (AvgIpc) is 3.42. The highest BCUT2D eigenvalue weighted by Crippen LogP contribution is 2.35. The lowest BCUT2D eigenvalue weighted by Crippen LogP contribution is -2.45. The van der Waals surface area contributed by atoms with E-state index in [4.69, 9.17) is 17.0 Å². The monoisotopic (exact) mass is 496 g/mol. The molecule has 0 fully saturated rings. The average molecular weight is 497 g/mol. The summed E-state index contributed by atoms with van der Waals surface area (Å²) >= 11 is 6.70. The van der Waals surface area contributed by atoms with Crippen molar-refractivity contribution >= 4 is 45.5 Å². The third-order valence-electron chi connectivity index (χ3n) is 5.52. The van der Waals surface area contributed by atoms with E-state index in [1.807, 2.05) is 38.1 Å². The van der Waals surface area contributed by atoms with E-state index in [1.54, 1.807) is 24.9 Å². The highest BCUT2D eigenvalue weighted by atomic mass is 32.1. The molecule has 0 spiro atoms. The zero-order chi connectivity index (χ0) is 24.4. The van der Waals surface area contributed by atoms with E-state index in [1.165, 1.54) is 17.7 Å². The molecule has 2 aromatic heterocycles. The maximum Gasteiger partial charge on any atom is 0.341 e. The fraction of sp³-hybridized carbons (Fsp3) is 0.261. The molecule has 0 saturated heterocycles. The van der Waals surface area contributed by atoms with Gasteiger partial charge < -0.3 is 20.7 Å². The first-order valence-corrected chi connectivity index (χ1v) is 11.8. The van der Waals surface area contributed by atoms with Crippen molar-refractivity contribution in [3.8, 4) is 5.69 Å². The summed E-state index contributed by atoms with van der Waals surface area (Å²) in [5, 5.41) is 14.2. The predicted octanol–water partition coefficient (Wildman–Crippen LogP) is 3.55. The Kier molecular flexibility index (Phi) is 6.75. The standard InChI is InChI=1S/C23H24N6O3S2/c1-5-32-22(31)17-12(2)14(4)34-21(17)28-20(30)18-13(3)26-23(33)27-19(18)15-6-8-16(9-7-15)29-11-24-10-25-29/h6-11,19H,5H2,1-4H3,(H,28,30)(H2,26,27,33). The molecule has 176 valence electrons. The maximum absolute atomic E-state index is 13.5. The molecule has 3 aromatic rings. The number of hydrogen-bond donors (Lipinski definition) is 3. The number of hydrogen-bond acceptors (Lipinski definition) is 7. The number of benzene rings is 1. The highest BCUT2D eigenvalue weighted by molar-refractivity contribution is 7.80. The number of amides is 1. The topological polar surface area (TPSA) is 110 Å². The number of nitrogens with zero attached hydrogens (tertiary/aromatic N) is 3. The first-order chi connectivity index (χ1) is 16.3. The molecule has 11 heteroatoms. The summed E-state index contributed by atoms with van der Waals surface area (Å²) in [5.74, 6) is -0.788. The molecule has 0 radical (unpaired) electrons. The van der Waals surface area contributed by atoms with Crippen LogP contribution in [0.2, 0.25) is 0 Å². The minimum atomic E-state index is -0.480. The third-order valence-corrected chi connectivity index (χ3v) is 6.86. The number of allylic oxidation sites excluding steroid dienone is 1. The summed E-state index contributed by atoms with van der Waals surface area (Å²) in [7, 11) is 0. The van der Waals surface area contributed by atoms with Crippen molar-refractivity contribution in [2.75, 3.05) is 11.9 Å². The fourth-order valence-electron chi connectivity index (χ4n) is 3.74. The Balaban J connectivity index is 1.66. The predicted molar refractivity (Wildman–Crippen MR) is 134 cm³/mol. The number of ether oxygens (including phenoxy) is 1. The number of thiophene rings is 1. The lowest BCUT2D eigenvalue weighted by Gasteiger charge is -2.30. The molecule has 0 aliphatic carbocycles. The van der Waals surface area contributed by atoms with E-state index in [9.17, 15) is 9.59 Å². The summed E-state index contributed by atoms with van der Waals surface area (Å²) < 4.78 is 6.86. The molecule has 1 aliphatic rings. The molecule has 1 unspecified atom stereocenters.